The van der Waals surface area contributed by atoms with Crippen molar-refractivity contribution < 1.29 is 32.0 Å². The van der Waals surface area contributed by atoms with Gasteiger partial charge in [-0.3, -0.25) is 15.5 Å². The first-order valence-corrected chi connectivity index (χ1v) is 9.38. The Bertz CT molecular complexity index is 1180. The van der Waals surface area contributed by atoms with E-state index in [0.717, 1.165) is 12.1 Å². The van der Waals surface area contributed by atoms with Gasteiger partial charge in [-0.25, -0.2) is 4.39 Å². The smallest absolute Gasteiger partial charge is 0.416 e. The molecule has 0 unspecified atom stereocenters. The average Bonchev–Trinajstić information content (AvgIpc) is 2.78. The van der Waals surface area contributed by atoms with E-state index in [4.69, 9.17) is 9.47 Å². The summed E-state index contributed by atoms with van der Waals surface area (Å²) in [6.07, 6.45) is -3.41. The number of halogens is 4. The van der Waals surface area contributed by atoms with E-state index in [9.17, 15) is 27.7 Å². The quantitative estimate of drug-likeness (QED) is 0.198. The van der Waals surface area contributed by atoms with Crippen LogP contribution in [0.5, 0.6) is 11.5 Å². The van der Waals surface area contributed by atoms with Crippen molar-refractivity contribution in [2.24, 2.45) is 5.10 Å². The Hall–Kier alpha value is -4.15. The summed E-state index contributed by atoms with van der Waals surface area (Å²) in [5, 5.41) is 15.0. The zero-order valence-electron chi connectivity index (χ0n) is 17.1. The number of rotatable bonds is 8. The van der Waals surface area contributed by atoms with E-state index in [2.05, 4.69) is 10.5 Å². The lowest BCUT2D eigenvalue weighted by Gasteiger charge is -2.12. The number of nitrogens with one attached hydrogen (secondary N) is 1. The number of methoxy groups -OCH3 is 1. The predicted octanol–water partition coefficient (Wildman–Crippen LogP) is 5.79. The third-order valence-electron chi connectivity index (χ3n) is 4.45. The van der Waals surface area contributed by atoms with Crippen LogP contribution in [0.1, 0.15) is 16.7 Å². The number of nitro groups is 1. The van der Waals surface area contributed by atoms with Crippen LogP contribution in [0.15, 0.2) is 65.8 Å². The number of hydrogen-bond acceptors (Lipinski definition) is 6. The minimum atomic E-state index is -4.71. The second-order valence-electron chi connectivity index (χ2n) is 6.65. The van der Waals surface area contributed by atoms with Gasteiger partial charge in [0.15, 0.2) is 11.5 Å². The van der Waals surface area contributed by atoms with Gasteiger partial charge in [-0.05, 0) is 42.0 Å². The molecule has 3 aromatic carbocycles. The predicted molar refractivity (Wildman–Crippen MR) is 113 cm³/mol. The Kier molecular flexibility index (Phi) is 7.11. The molecule has 0 aromatic heterocycles. The standard InChI is InChI=1S/C22H17F4N3O4/c1-32-21-10-14(6-9-20(21)33-13-15-4-2-3-5-17(15)23)12-27-28-18-8-7-16(22(24,25)26)11-19(18)29(30)31/h2-12,28H,13H2,1H3/b27-12-. The minimum Gasteiger partial charge on any atom is -0.493 e. The Balaban J connectivity index is 1.73. The Labute approximate surface area is 185 Å². The maximum Gasteiger partial charge on any atom is 0.416 e. The maximum atomic E-state index is 13.7. The largest absolute Gasteiger partial charge is 0.493 e. The number of hydrogen-bond donors (Lipinski definition) is 1. The van der Waals surface area contributed by atoms with Crippen molar-refractivity contribution in [1.82, 2.24) is 0 Å². The highest BCUT2D eigenvalue weighted by atomic mass is 19.4. The average molecular weight is 463 g/mol. The number of nitrogens with zero attached hydrogens (tertiary/aromatic N) is 2. The molecule has 3 rings (SSSR count). The topological polar surface area (TPSA) is 86.0 Å². The number of alkyl halides is 3. The lowest BCUT2D eigenvalue weighted by Crippen LogP contribution is -2.06. The molecule has 0 heterocycles. The Morgan fingerprint density at radius 1 is 1.09 bits per heavy atom. The molecule has 1 N–H and O–H groups in total. The van der Waals surface area contributed by atoms with Crippen LogP contribution >= 0.6 is 0 Å². The fourth-order valence-corrected chi connectivity index (χ4v) is 2.78. The highest BCUT2D eigenvalue weighted by molar-refractivity contribution is 5.82. The van der Waals surface area contributed by atoms with Gasteiger partial charge in [0.1, 0.15) is 18.1 Å². The molecule has 7 nitrogen and oxygen atoms in total. The van der Waals surface area contributed by atoms with Crippen molar-refractivity contribution in [3.05, 3.63) is 93.3 Å². The lowest BCUT2D eigenvalue weighted by atomic mass is 10.1. The summed E-state index contributed by atoms with van der Waals surface area (Å²) >= 11 is 0. The summed E-state index contributed by atoms with van der Waals surface area (Å²) in [5.74, 6) is 0.281. The van der Waals surface area contributed by atoms with Crippen LogP contribution in [0.25, 0.3) is 0 Å². The van der Waals surface area contributed by atoms with Gasteiger partial charge >= 0.3 is 6.18 Å². The molecular weight excluding hydrogens is 446 g/mol. The van der Waals surface area contributed by atoms with Crippen LogP contribution in [-0.4, -0.2) is 18.2 Å². The van der Waals surface area contributed by atoms with Crippen molar-refractivity contribution in [1.29, 1.82) is 0 Å². The molecule has 0 atom stereocenters. The Morgan fingerprint density at radius 2 is 1.85 bits per heavy atom. The molecule has 0 saturated carbocycles. The molecule has 0 saturated heterocycles. The van der Waals surface area contributed by atoms with E-state index in [1.165, 1.54) is 19.4 Å². The fourth-order valence-electron chi connectivity index (χ4n) is 2.78. The zero-order chi connectivity index (χ0) is 24.0. The molecule has 0 spiro atoms. The second kappa shape index (κ2) is 9.98. The molecule has 33 heavy (non-hydrogen) atoms. The van der Waals surface area contributed by atoms with E-state index in [1.54, 1.807) is 36.4 Å². The molecule has 0 amide bonds. The summed E-state index contributed by atoms with van der Waals surface area (Å²) in [6, 6.07) is 13.0. The first-order valence-electron chi connectivity index (χ1n) is 9.38. The molecule has 0 radical (unpaired) electrons. The van der Waals surface area contributed by atoms with Crippen molar-refractivity contribution >= 4 is 17.6 Å². The third kappa shape index (κ3) is 5.97. The van der Waals surface area contributed by atoms with Gasteiger partial charge in [-0.15, -0.1) is 0 Å². The van der Waals surface area contributed by atoms with E-state index in [1.807, 2.05) is 0 Å². The van der Waals surface area contributed by atoms with E-state index in [0.29, 0.717) is 28.7 Å². The SMILES string of the molecule is COc1cc(/C=N\Nc2ccc(C(F)(F)F)cc2[N+](=O)[O-])ccc1OCc1ccccc1F. The van der Waals surface area contributed by atoms with E-state index < -0.39 is 28.2 Å². The van der Waals surface area contributed by atoms with Crippen molar-refractivity contribution in [3.63, 3.8) is 0 Å². The van der Waals surface area contributed by atoms with Crippen molar-refractivity contribution in [2.75, 3.05) is 12.5 Å². The van der Waals surface area contributed by atoms with Crippen LogP contribution in [-0.2, 0) is 12.8 Å². The van der Waals surface area contributed by atoms with Gasteiger partial charge in [-0.2, -0.15) is 18.3 Å². The highest BCUT2D eigenvalue weighted by Gasteiger charge is 2.33. The number of ether oxygens (including phenoxy) is 2. The van der Waals surface area contributed by atoms with Gasteiger partial charge in [0, 0.05) is 11.6 Å². The summed E-state index contributed by atoms with van der Waals surface area (Å²) < 4.78 is 63.0. The van der Waals surface area contributed by atoms with E-state index in [-0.39, 0.29) is 12.3 Å². The minimum absolute atomic E-state index is 0.0182. The van der Waals surface area contributed by atoms with Gasteiger partial charge in [-0.1, -0.05) is 18.2 Å². The van der Waals surface area contributed by atoms with Gasteiger partial charge in [0.05, 0.1) is 23.8 Å². The summed E-state index contributed by atoms with van der Waals surface area (Å²) in [4.78, 5) is 10.2. The molecule has 172 valence electrons. The molecule has 0 aliphatic heterocycles. The zero-order valence-corrected chi connectivity index (χ0v) is 17.1. The molecule has 3 aromatic rings. The molecule has 0 fully saturated rings. The van der Waals surface area contributed by atoms with Crippen LogP contribution in [0, 0.1) is 15.9 Å². The van der Waals surface area contributed by atoms with Crippen LogP contribution in [0.3, 0.4) is 0 Å². The molecule has 0 bridgehead atoms. The monoisotopic (exact) mass is 463 g/mol. The number of anilines is 1. The Morgan fingerprint density at radius 3 is 2.52 bits per heavy atom. The third-order valence-corrected chi connectivity index (χ3v) is 4.45. The van der Waals surface area contributed by atoms with Crippen LogP contribution < -0.4 is 14.9 Å². The second-order valence-corrected chi connectivity index (χ2v) is 6.65. The summed E-state index contributed by atoms with van der Waals surface area (Å²) in [5.41, 5.74) is 1.13. The van der Waals surface area contributed by atoms with Gasteiger partial charge in [0.25, 0.3) is 5.69 Å². The van der Waals surface area contributed by atoms with E-state index >= 15 is 0 Å². The molecular formula is C22H17F4N3O4. The van der Waals surface area contributed by atoms with Crippen molar-refractivity contribution in [2.45, 2.75) is 12.8 Å². The highest BCUT2D eigenvalue weighted by Crippen LogP contribution is 2.35. The lowest BCUT2D eigenvalue weighted by molar-refractivity contribution is -0.384. The van der Waals surface area contributed by atoms with Gasteiger partial charge < -0.3 is 9.47 Å². The molecule has 0 aliphatic carbocycles. The number of hydrazone groups is 1. The number of benzene rings is 3. The summed E-state index contributed by atoms with van der Waals surface area (Å²) in [7, 11) is 1.41. The van der Waals surface area contributed by atoms with Crippen LogP contribution in [0.4, 0.5) is 28.9 Å². The normalized spacial score (nSPS) is 11.4. The number of nitro benzene ring substituents is 1. The summed E-state index contributed by atoms with van der Waals surface area (Å²) in [6.45, 7) is -0.0182. The molecule has 0 aliphatic rings. The van der Waals surface area contributed by atoms with Gasteiger partial charge in [0.2, 0.25) is 0 Å². The van der Waals surface area contributed by atoms with Crippen LogP contribution in [0.2, 0.25) is 0 Å². The fraction of sp³-hybridized carbons (Fsp3) is 0.136. The van der Waals surface area contributed by atoms with Crippen molar-refractivity contribution in [3.8, 4) is 11.5 Å². The maximum absolute atomic E-state index is 13.7. The molecule has 11 heteroatoms. The first-order chi connectivity index (χ1) is 15.7. The first kappa shape index (κ1) is 23.5.